The van der Waals surface area contributed by atoms with Gasteiger partial charge in [0.25, 0.3) is 5.91 Å². The molecule has 6 nitrogen and oxygen atoms in total. The molecule has 2 aliphatic rings. The fourth-order valence-corrected chi connectivity index (χ4v) is 3.68. The minimum absolute atomic E-state index is 0.0395. The second kappa shape index (κ2) is 6.34. The van der Waals surface area contributed by atoms with Crippen LogP contribution in [-0.4, -0.2) is 53.4 Å². The Morgan fingerprint density at radius 1 is 1.45 bits per heavy atom. The summed E-state index contributed by atoms with van der Waals surface area (Å²) in [5.41, 5.74) is 0.840. The molecule has 7 heteroatoms. The molecule has 2 amide bonds. The predicted molar refractivity (Wildman–Crippen MR) is 85.1 cm³/mol. The van der Waals surface area contributed by atoms with Crippen molar-refractivity contribution in [3.05, 3.63) is 15.6 Å². The van der Waals surface area contributed by atoms with Crippen molar-refractivity contribution >= 4 is 23.2 Å². The van der Waals surface area contributed by atoms with Crippen LogP contribution in [0.5, 0.6) is 0 Å². The fraction of sp³-hybridized carbons (Fsp3) is 0.667. The zero-order valence-corrected chi connectivity index (χ0v) is 13.8. The molecule has 3 rings (SSSR count). The highest BCUT2D eigenvalue weighted by molar-refractivity contribution is 7.13. The highest BCUT2D eigenvalue weighted by Crippen LogP contribution is 2.23. The molecule has 120 valence electrons. The van der Waals surface area contributed by atoms with Gasteiger partial charge >= 0.3 is 0 Å². The van der Waals surface area contributed by atoms with Gasteiger partial charge < -0.3 is 15.5 Å². The summed E-state index contributed by atoms with van der Waals surface area (Å²) in [7, 11) is 0. The lowest BCUT2D eigenvalue weighted by Gasteiger charge is -2.35. The molecule has 0 radical (unpaired) electrons. The molecule has 1 unspecified atom stereocenters. The van der Waals surface area contributed by atoms with Gasteiger partial charge in [-0.1, -0.05) is 6.92 Å². The van der Waals surface area contributed by atoms with Crippen LogP contribution >= 0.6 is 11.3 Å². The molecule has 1 atom stereocenters. The third-order valence-corrected chi connectivity index (χ3v) is 5.07. The SMILES string of the molecule is CCc1nc(C)sc1C(=O)N1CCNCC1C(=O)NC1CC1. The van der Waals surface area contributed by atoms with E-state index in [1.807, 2.05) is 13.8 Å². The number of nitrogens with one attached hydrogen (secondary N) is 2. The lowest BCUT2D eigenvalue weighted by molar-refractivity contribution is -0.126. The molecule has 2 fully saturated rings. The highest BCUT2D eigenvalue weighted by atomic mass is 32.1. The molecule has 0 bridgehead atoms. The fourth-order valence-electron chi connectivity index (χ4n) is 2.71. The van der Waals surface area contributed by atoms with E-state index < -0.39 is 6.04 Å². The first-order chi connectivity index (χ1) is 10.6. The van der Waals surface area contributed by atoms with Crippen LogP contribution in [0.3, 0.4) is 0 Å². The van der Waals surface area contributed by atoms with Gasteiger partial charge in [0, 0.05) is 25.7 Å². The highest BCUT2D eigenvalue weighted by Gasteiger charge is 2.36. The largest absolute Gasteiger partial charge is 0.352 e. The minimum Gasteiger partial charge on any atom is -0.352 e. The number of rotatable bonds is 4. The van der Waals surface area contributed by atoms with Crippen molar-refractivity contribution in [2.75, 3.05) is 19.6 Å². The van der Waals surface area contributed by atoms with E-state index in [1.165, 1.54) is 11.3 Å². The van der Waals surface area contributed by atoms with E-state index in [9.17, 15) is 9.59 Å². The van der Waals surface area contributed by atoms with Gasteiger partial charge in [-0.15, -0.1) is 11.3 Å². The summed E-state index contributed by atoms with van der Waals surface area (Å²) in [4.78, 5) is 32.1. The average Bonchev–Trinajstić information content (AvgIpc) is 3.26. The molecule has 1 aliphatic heterocycles. The Morgan fingerprint density at radius 2 is 2.23 bits per heavy atom. The lowest BCUT2D eigenvalue weighted by Crippen LogP contribution is -2.59. The molecule has 1 aliphatic carbocycles. The average molecular weight is 322 g/mol. The number of hydrogen-bond donors (Lipinski definition) is 2. The van der Waals surface area contributed by atoms with Crippen LogP contribution in [0.2, 0.25) is 0 Å². The zero-order valence-electron chi connectivity index (χ0n) is 13.0. The van der Waals surface area contributed by atoms with E-state index in [0.717, 1.165) is 36.5 Å². The number of piperazine rings is 1. The van der Waals surface area contributed by atoms with Crippen molar-refractivity contribution in [3.63, 3.8) is 0 Å². The van der Waals surface area contributed by atoms with Crippen molar-refractivity contribution < 1.29 is 9.59 Å². The summed E-state index contributed by atoms with van der Waals surface area (Å²) < 4.78 is 0. The first-order valence-corrected chi connectivity index (χ1v) is 8.70. The van der Waals surface area contributed by atoms with Gasteiger partial charge in [-0.25, -0.2) is 4.98 Å². The van der Waals surface area contributed by atoms with E-state index in [4.69, 9.17) is 0 Å². The normalized spacial score (nSPS) is 21.7. The Kier molecular flexibility index (Phi) is 4.44. The molecule has 1 aromatic rings. The van der Waals surface area contributed by atoms with Crippen molar-refractivity contribution in [2.45, 2.75) is 45.2 Å². The summed E-state index contributed by atoms with van der Waals surface area (Å²) in [6.45, 7) is 5.71. The second-order valence-electron chi connectivity index (χ2n) is 5.86. The van der Waals surface area contributed by atoms with E-state index in [2.05, 4.69) is 15.6 Å². The maximum Gasteiger partial charge on any atom is 0.266 e. The van der Waals surface area contributed by atoms with Gasteiger partial charge in [-0.05, 0) is 26.2 Å². The van der Waals surface area contributed by atoms with Crippen LogP contribution in [0.1, 0.15) is 40.1 Å². The van der Waals surface area contributed by atoms with Gasteiger partial charge in [0.1, 0.15) is 10.9 Å². The number of amides is 2. The molecule has 1 saturated heterocycles. The van der Waals surface area contributed by atoms with Crippen LogP contribution < -0.4 is 10.6 Å². The number of carbonyl (C=O) groups excluding carboxylic acids is 2. The molecular formula is C15H22N4O2S. The maximum atomic E-state index is 12.9. The van der Waals surface area contributed by atoms with Crippen molar-refractivity contribution in [1.29, 1.82) is 0 Å². The monoisotopic (exact) mass is 322 g/mol. The molecule has 1 saturated carbocycles. The van der Waals surface area contributed by atoms with Crippen molar-refractivity contribution in [1.82, 2.24) is 20.5 Å². The van der Waals surface area contributed by atoms with Crippen LogP contribution in [0, 0.1) is 6.92 Å². The zero-order chi connectivity index (χ0) is 15.7. The molecule has 22 heavy (non-hydrogen) atoms. The second-order valence-corrected chi connectivity index (χ2v) is 7.07. The van der Waals surface area contributed by atoms with Gasteiger partial charge in [0.2, 0.25) is 5.91 Å². The van der Waals surface area contributed by atoms with Crippen molar-refractivity contribution in [3.8, 4) is 0 Å². The van der Waals surface area contributed by atoms with E-state index in [1.54, 1.807) is 4.90 Å². The Hall–Kier alpha value is -1.47. The van der Waals surface area contributed by atoms with E-state index >= 15 is 0 Å². The van der Waals surface area contributed by atoms with Gasteiger partial charge in [-0.3, -0.25) is 9.59 Å². The van der Waals surface area contributed by atoms with Gasteiger partial charge in [0.15, 0.2) is 0 Å². The van der Waals surface area contributed by atoms with Crippen LogP contribution in [0.4, 0.5) is 0 Å². The molecule has 0 aromatic carbocycles. The van der Waals surface area contributed by atoms with Crippen LogP contribution in [0.25, 0.3) is 0 Å². The Bertz CT molecular complexity index is 582. The molecular weight excluding hydrogens is 300 g/mol. The lowest BCUT2D eigenvalue weighted by atomic mass is 10.1. The summed E-state index contributed by atoms with van der Waals surface area (Å²) in [6.07, 6.45) is 2.83. The summed E-state index contributed by atoms with van der Waals surface area (Å²) >= 11 is 1.43. The third-order valence-electron chi connectivity index (χ3n) is 4.06. The molecule has 1 aromatic heterocycles. The molecule has 0 spiro atoms. The Balaban J connectivity index is 1.79. The van der Waals surface area contributed by atoms with Crippen LogP contribution in [-0.2, 0) is 11.2 Å². The van der Waals surface area contributed by atoms with Gasteiger partial charge in [0.05, 0.1) is 10.7 Å². The number of hydrogen-bond acceptors (Lipinski definition) is 5. The standard InChI is InChI=1S/C15H22N4O2S/c1-3-11-13(22-9(2)17-11)15(21)19-7-6-16-8-12(19)14(20)18-10-4-5-10/h10,12,16H,3-8H2,1-2H3,(H,18,20). The quantitative estimate of drug-likeness (QED) is 0.856. The Labute approximate surface area is 134 Å². The first kappa shape index (κ1) is 15.4. The smallest absolute Gasteiger partial charge is 0.266 e. The topological polar surface area (TPSA) is 74.3 Å². The van der Waals surface area contributed by atoms with E-state index in [-0.39, 0.29) is 11.8 Å². The Morgan fingerprint density at radius 3 is 2.91 bits per heavy atom. The first-order valence-electron chi connectivity index (χ1n) is 7.88. The number of aromatic nitrogens is 1. The number of thiazole rings is 1. The number of nitrogens with zero attached hydrogens (tertiary/aromatic N) is 2. The van der Waals surface area contributed by atoms with Crippen LogP contribution in [0.15, 0.2) is 0 Å². The number of carbonyl (C=O) groups is 2. The predicted octanol–water partition coefficient (Wildman–Crippen LogP) is 0.707. The molecule has 2 N–H and O–H groups in total. The van der Waals surface area contributed by atoms with Gasteiger partial charge in [-0.2, -0.15) is 0 Å². The summed E-state index contributed by atoms with van der Waals surface area (Å²) in [5, 5.41) is 7.12. The molecule has 2 heterocycles. The summed E-state index contributed by atoms with van der Waals surface area (Å²) in [6, 6.07) is -0.114. The van der Waals surface area contributed by atoms with E-state index in [0.29, 0.717) is 24.0 Å². The summed E-state index contributed by atoms with van der Waals surface area (Å²) in [5.74, 6) is -0.0952. The third kappa shape index (κ3) is 3.15. The maximum absolute atomic E-state index is 12.9. The number of aryl methyl sites for hydroxylation is 2. The minimum atomic E-state index is -0.422. The van der Waals surface area contributed by atoms with Crippen molar-refractivity contribution in [2.24, 2.45) is 0 Å².